The summed E-state index contributed by atoms with van der Waals surface area (Å²) in [4.78, 5) is 62.5. The number of ether oxygens (including phenoxy) is 1. The summed E-state index contributed by atoms with van der Waals surface area (Å²) < 4.78 is 64.1. The van der Waals surface area contributed by atoms with Gasteiger partial charge in [0, 0.05) is 4.91 Å². The van der Waals surface area contributed by atoms with E-state index in [0.29, 0.717) is 10.8 Å². The maximum Gasteiger partial charge on any atom is 0.490 e. The molecule has 0 radical (unpaired) electrons. The van der Waals surface area contributed by atoms with Crippen LogP contribution in [-0.4, -0.2) is 59.1 Å². The van der Waals surface area contributed by atoms with Crippen molar-refractivity contribution in [2.75, 3.05) is 6.61 Å². The van der Waals surface area contributed by atoms with Crippen LogP contribution in [-0.2, 0) is 31.6 Å². The Kier molecular flexibility index (Phi) is 7.97. The lowest BCUT2D eigenvalue weighted by Gasteiger charge is -2.19. The Hall–Kier alpha value is -1.75. The molecule has 2 heterocycles. The van der Waals surface area contributed by atoms with Gasteiger partial charge in [0.2, 0.25) is 5.82 Å². The molecule has 1 aromatic heterocycles. The van der Waals surface area contributed by atoms with Crippen LogP contribution in [0.2, 0.25) is 0 Å². The molecule has 180 valence electrons. The van der Waals surface area contributed by atoms with Crippen molar-refractivity contribution in [3.8, 4) is 0 Å². The summed E-state index contributed by atoms with van der Waals surface area (Å²) in [6, 6.07) is -1.66. The second-order valence-electron chi connectivity index (χ2n) is 5.78. The predicted molar refractivity (Wildman–Crippen MR) is 93.9 cm³/mol. The Morgan fingerprint density at radius 3 is 2.41 bits per heavy atom. The maximum atomic E-state index is 13.5. The molecule has 23 heteroatoms. The quantitative estimate of drug-likeness (QED) is 0.0967. The van der Waals surface area contributed by atoms with Crippen LogP contribution < -0.4 is 11.2 Å². The standard InChI is InChI=1S/C9H13FN5O14P3/c10-3-1-15(9(18)12-7(3)17)8-5(13-14-11)6(16)4(27-8)2-26-31(22,23)29-32(24,25)28-30(19,20)21/h1,4-6,8,16H,2H2,(H,22,23)(H,24,25)(H,12,17,18)(H2,19,20,21)/t4-,5-,6-,8-/m1/s1. The molecule has 32 heavy (non-hydrogen) atoms. The highest BCUT2D eigenvalue weighted by Gasteiger charge is 2.47. The van der Waals surface area contributed by atoms with Crippen LogP contribution in [0.4, 0.5) is 4.39 Å². The van der Waals surface area contributed by atoms with Crippen molar-refractivity contribution in [1.82, 2.24) is 9.55 Å². The normalized spacial score (nSPS) is 27.3. The van der Waals surface area contributed by atoms with E-state index in [1.165, 1.54) is 0 Å². The number of halogens is 1. The van der Waals surface area contributed by atoms with Gasteiger partial charge in [-0.25, -0.2) is 18.5 Å². The topological polar surface area (TPSA) is 293 Å². The Morgan fingerprint density at radius 2 is 1.84 bits per heavy atom. The van der Waals surface area contributed by atoms with Gasteiger partial charge >= 0.3 is 29.2 Å². The van der Waals surface area contributed by atoms with Gasteiger partial charge in [-0.05, 0) is 5.53 Å². The zero-order valence-corrected chi connectivity index (χ0v) is 17.7. The summed E-state index contributed by atoms with van der Waals surface area (Å²) >= 11 is 0. The number of H-pyrrole nitrogens is 1. The number of rotatable bonds is 9. The number of nitrogens with one attached hydrogen (secondary N) is 1. The van der Waals surface area contributed by atoms with Crippen LogP contribution in [0, 0.1) is 5.82 Å². The molecule has 2 unspecified atom stereocenters. The molecule has 1 aliphatic rings. The highest BCUT2D eigenvalue weighted by molar-refractivity contribution is 7.66. The lowest BCUT2D eigenvalue weighted by Crippen LogP contribution is -2.38. The van der Waals surface area contributed by atoms with Crippen molar-refractivity contribution in [1.29, 1.82) is 0 Å². The molecule has 1 aliphatic heterocycles. The molecule has 0 saturated carbocycles. The first-order valence-electron chi connectivity index (χ1n) is 7.72. The van der Waals surface area contributed by atoms with Crippen molar-refractivity contribution in [3.05, 3.63) is 43.3 Å². The minimum absolute atomic E-state index is 0.378. The number of aromatic amines is 1. The van der Waals surface area contributed by atoms with Crippen LogP contribution in [0.25, 0.3) is 10.4 Å². The van der Waals surface area contributed by atoms with E-state index >= 15 is 0 Å². The van der Waals surface area contributed by atoms with E-state index in [2.05, 4.69) is 23.2 Å². The van der Waals surface area contributed by atoms with Crippen molar-refractivity contribution in [3.63, 3.8) is 0 Å². The largest absolute Gasteiger partial charge is 0.490 e. The molecule has 0 amide bonds. The summed E-state index contributed by atoms with van der Waals surface area (Å²) in [7, 11) is -17.0. The number of nitrogens with zero attached hydrogens (tertiary/aromatic N) is 4. The van der Waals surface area contributed by atoms with Gasteiger partial charge in [-0.3, -0.25) is 18.9 Å². The van der Waals surface area contributed by atoms with Gasteiger partial charge in [0.1, 0.15) is 18.4 Å². The van der Waals surface area contributed by atoms with Gasteiger partial charge in [-0.1, -0.05) is 5.11 Å². The first kappa shape index (κ1) is 26.5. The number of hydrogen-bond donors (Lipinski definition) is 6. The van der Waals surface area contributed by atoms with Crippen molar-refractivity contribution < 1.29 is 60.6 Å². The molecule has 6 N–H and O–H groups in total. The van der Waals surface area contributed by atoms with Crippen LogP contribution in [0.3, 0.4) is 0 Å². The predicted octanol–water partition coefficient (Wildman–Crippen LogP) is -1.04. The minimum atomic E-state index is -5.80. The Labute approximate surface area is 174 Å². The van der Waals surface area contributed by atoms with Gasteiger partial charge in [0.25, 0.3) is 5.56 Å². The molecule has 6 atom stereocenters. The van der Waals surface area contributed by atoms with E-state index in [1.54, 1.807) is 4.98 Å². The summed E-state index contributed by atoms with van der Waals surface area (Å²) in [5, 5.41) is 13.4. The van der Waals surface area contributed by atoms with Crippen LogP contribution in [0.15, 0.2) is 20.9 Å². The molecular formula is C9H13FN5O14P3. The van der Waals surface area contributed by atoms with Gasteiger partial charge in [-0.15, -0.1) is 0 Å². The Morgan fingerprint density at radius 1 is 1.22 bits per heavy atom. The molecule has 0 aromatic carbocycles. The van der Waals surface area contributed by atoms with E-state index in [9.17, 15) is 37.7 Å². The third-order valence-corrected chi connectivity index (χ3v) is 7.34. The average molecular weight is 527 g/mol. The van der Waals surface area contributed by atoms with Crippen molar-refractivity contribution in [2.24, 2.45) is 5.11 Å². The molecule has 0 bridgehead atoms. The molecule has 2 rings (SSSR count). The zero-order valence-electron chi connectivity index (χ0n) is 15.0. The lowest BCUT2D eigenvalue weighted by atomic mass is 10.1. The van der Waals surface area contributed by atoms with Crippen molar-refractivity contribution >= 4 is 23.5 Å². The third-order valence-electron chi connectivity index (χ3n) is 3.54. The zero-order chi connectivity index (χ0) is 24.5. The summed E-state index contributed by atoms with van der Waals surface area (Å²) in [6.45, 7) is -1.15. The second-order valence-corrected chi connectivity index (χ2v) is 10.2. The van der Waals surface area contributed by atoms with E-state index in [4.69, 9.17) is 24.9 Å². The molecule has 1 fully saturated rings. The molecule has 1 aromatic rings. The fraction of sp³-hybridized carbons (Fsp3) is 0.556. The molecule has 19 nitrogen and oxygen atoms in total. The summed E-state index contributed by atoms with van der Waals surface area (Å²) in [6.07, 6.45) is -4.94. The summed E-state index contributed by atoms with van der Waals surface area (Å²) in [5.74, 6) is -1.45. The Balaban J connectivity index is 2.20. The second kappa shape index (κ2) is 9.62. The number of hydrogen-bond acceptors (Lipinski definition) is 11. The monoisotopic (exact) mass is 527 g/mol. The maximum absolute atomic E-state index is 13.5. The fourth-order valence-corrected chi connectivity index (χ4v) is 5.43. The van der Waals surface area contributed by atoms with E-state index in [0.717, 1.165) is 0 Å². The average Bonchev–Trinajstić information content (AvgIpc) is 2.90. The first-order valence-corrected chi connectivity index (χ1v) is 12.2. The van der Waals surface area contributed by atoms with Gasteiger partial charge < -0.3 is 29.4 Å². The van der Waals surface area contributed by atoms with Crippen molar-refractivity contribution in [2.45, 2.75) is 24.5 Å². The number of phosphoric ester groups is 1. The SMILES string of the molecule is [N-]=[N+]=N[C@@H]1[C@H](O)[C@@H](COP(=O)(O)OP(=O)(O)OP(=O)(O)O)O[C@H]1n1cc(F)c(=O)[nH]c1=O. The smallest absolute Gasteiger partial charge is 0.390 e. The van der Waals surface area contributed by atoms with Crippen LogP contribution in [0.5, 0.6) is 0 Å². The summed E-state index contributed by atoms with van der Waals surface area (Å²) in [5.41, 5.74) is 6.03. The highest BCUT2D eigenvalue weighted by Crippen LogP contribution is 2.66. The number of aliphatic hydroxyl groups is 1. The van der Waals surface area contributed by atoms with Crippen LogP contribution in [0.1, 0.15) is 6.23 Å². The minimum Gasteiger partial charge on any atom is -0.390 e. The van der Waals surface area contributed by atoms with Crippen LogP contribution >= 0.6 is 23.5 Å². The first-order chi connectivity index (χ1) is 14.6. The third kappa shape index (κ3) is 6.87. The number of phosphoric acid groups is 3. The molecule has 1 saturated heterocycles. The lowest BCUT2D eigenvalue weighted by molar-refractivity contribution is -0.0458. The number of azide groups is 1. The molecular weight excluding hydrogens is 514 g/mol. The van der Waals surface area contributed by atoms with Gasteiger partial charge in [-0.2, -0.15) is 13.0 Å². The van der Waals surface area contributed by atoms with E-state index in [-0.39, 0.29) is 0 Å². The fourth-order valence-electron chi connectivity index (χ4n) is 2.40. The number of aromatic nitrogens is 2. The van der Waals surface area contributed by atoms with E-state index in [1.807, 2.05) is 0 Å². The molecule has 0 aliphatic carbocycles. The highest BCUT2D eigenvalue weighted by atomic mass is 31.3. The number of aliphatic hydroxyl groups excluding tert-OH is 1. The van der Waals surface area contributed by atoms with Gasteiger partial charge in [0.15, 0.2) is 0 Å². The van der Waals surface area contributed by atoms with E-state index < -0.39 is 71.6 Å². The Bertz CT molecular complexity index is 1170. The van der Waals surface area contributed by atoms with Gasteiger partial charge in [0.05, 0.1) is 18.9 Å². The molecule has 0 spiro atoms.